The summed E-state index contributed by atoms with van der Waals surface area (Å²) in [6.07, 6.45) is 0. The van der Waals surface area contributed by atoms with Gasteiger partial charge in [-0.2, -0.15) is 0 Å². The summed E-state index contributed by atoms with van der Waals surface area (Å²) in [6, 6.07) is 2.07. The highest BCUT2D eigenvalue weighted by Gasteiger charge is 2.15. The number of anilines is 1. The van der Waals surface area contributed by atoms with Crippen LogP contribution < -0.4 is 10.6 Å². The fourth-order valence-corrected chi connectivity index (χ4v) is 1.12. The summed E-state index contributed by atoms with van der Waals surface area (Å²) in [5.41, 5.74) is 5.26. The van der Waals surface area contributed by atoms with Crippen LogP contribution in [0.2, 0.25) is 0 Å². The van der Waals surface area contributed by atoms with E-state index in [4.69, 9.17) is 5.73 Å². The van der Waals surface area contributed by atoms with Gasteiger partial charge in [0, 0.05) is 20.1 Å². The molecule has 0 amide bonds. The lowest BCUT2D eigenvalue weighted by molar-refractivity contribution is 0.447. The molecule has 14 heavy (non-hydrogen) atoms. The second kappa shape index (κ2) is 4.32. The van der Waals surface area contributed by atoms with Gasteiger partial charge in [-0.25, -0.2) is 13.2 Å². The van der Waals surface area contributed by atoms with Gasteiger partial charge in [-0.1, -0.05) is 0 Å². The van der Waals surface area contributed by atoms with Crippen molar-refractivity contribution in [3.8, 4) is 0 Å². The quantitative estimate of drug-likeness (QED) is 0.756. The van der Waals surface area contributed by atoms with Crippen LogP contribution >= 0.6 is 0 Å². The zero-order valence-electron chi connectivity index (χ0n) is 7.73. The minimum atomic E-state index is -1.45. The van der Waals surface area contributed by atoms with Gasteiger partial charge < -0.3 is 10.6 Å². The van der Waals surface area contributed by atoms with E-state index in [1.807, 2.05) is 0 Å². The van der Waals surface area contributed by atoms with Gasteiger partial charge in [-0.3, -0.25) is 0 Å². The second-order valence-corrected chi connectivity index (χ2v) is 2.90. The Morgan fingerprint density at radius 2 is 1.86 bits per heavy atom. The number of hydrogen-bond donors (Lipinski definition) is 1. The molecule has 0 unspecified atom stereocenters. The number of halogens is 3. The van der Waals surface area contributed by atoms with E-state index in [1.54, 1.807) is 7.05 Å². The molecule has 0 aliphatic heterocycles. The number of nitrogens with zero attached hydrogens (tertiary/aromatic N) is 1. The molecule has 0 fully saturated rings. The van der Waals surface area contributed by atoms with Gasteiger partial charge in [0.2, 0.25) is 0 Å². The molecule has 0 heterocycles. The van der Waals surface area contributed by atoms with E-state index in [1.165, 1.54) is 11.0 Å². The maximum absolute atomic E-state index is 13.1. The van der Waals surface area contributed by atoms with Crippen molar-refractivity contribution in [3.05, 3.63) is 29.6 Å². The Morgan fingerprint density at radius 3 is 2.43 bits per heavy atom. The number of rotatable bonds is 3. The second-order valence-electron chi connectivity index (χ2n) is 2.90. The summed E-state index contributed by atoms with van der Waals surface area (Å²) in [5.74, 6) is -3.82. The zero-order valence-corrected chi connectivity index (χ0v) is 7.73. The molecule has 1 rings (SSSR count). The number of nitrogens with two attached hydrogens (primary N) is 1. The highest BCUT2D eigenvalue weighted by Crippen LogP contribution is 2.22. The van der Waals surface area contributed by atoms with Gasteiger partial charge in [0.05, 0.1) is 5.69 Å². The number of benzene rings is 1. The van der Waals surface area contributed by atoms with Gasteiger partial charge in [0.1, 0.15) is 0 Å². The van der Waals surface area contributed by atoms with Gasteiger partial charge >= 0.3 is 0 Å². The predicted octanol–water partition coefficient (Wildman–Crippen LogP) is 1.50. The topological polar surface area (TPSA) is 29.3 Å². The third-order valence-electron chi connectivity index (χ3n) is 1.89. The molecule has 0 aromatic heterocycles. The smallest absolute Gasteiger partial charge is 0.196 e. The third-order valence-corrected chi connectivity index (χ3v) is 1.89. The van der Waals surface area contributed by atoms with Crippen molar-refractivity contribution in [1.29, 1.82) is 0 Å². The van der Waals surface area contributed by atoms with Crippen molar-refractivity contribution in [2.75, 3.05) is 25.0 Å². The lowest BCUT2D eigenvalue weighted by Gasteiger charge is -2.18. The van der Waals surface area contributed by atoms with Crippen molar-refractivity contribution in [2.45, 2.75) is 0 Å². The monoisotopic (exact) mass is 204 g/mol. The van der Waals surface area contributed by atoms with Crippen LogP contribution in [-0.4, -0.2) is 20.1 Å². The Labute approximate surface area is 80.1 Å². The summed E-state index contributed by atoms with van der Waals surface area (Å²) < 4.78 is 38.5. The molecule has 5 heteroatoms. The average molecular weight is 204 g/mol. The fourth-order valence-electron chi connectivity index (χ4n) is 1.12. The largest absolute Gasteiger partial charge is 0.371 e. The standard InChI is InChI=1S/C9H11F3N2/c1-14(5-4-13)7-3-2-6(10)8(11)9(7)12/h2-3H,4-5,13H2,1H3. The van der Waals surface area contributed by atoms with Crippen LogP contribution in [0.5, 0.6) is 0 Å². The Hall–Kier alpha value is -1.23. The average Bonchev–Trinajstić information content (AvgIpc) is 2.15. The first kappa shape index (κ1) is 10.8. The van der Waals surface area contributed by atoms with E-state index in [0.717, 1.165) is 6.07 Å². The minimum Gasteiger partial charge on any atom is -0.371 e. The van der Waals surface area contributed by atoms with Crippen LogP contribution in [0.4, 0.5) is 18.9 Å². The Balaban J connectivity index is 3.04. The lowest BCUT2D eigenvalue weighted by atomic mass is 10.2. The molecular weight excluding hydrogens is 193 g/mol. The van der Waals surface area contributed by atoms with Crippen LogP contribution in [0.3, 0.4) is 0 Å². The highest BCUT2D eigenvalue weighted by molar-refractivity contribution is 5.47. The molecular formula is C9H11F3N2. The molecule has 0 bridgehead atoms. The minimum absolute atomic E-state index is 0.00866. The normalized spacial score (nSPS) is 10.4. The Morgan fingerprint density at radius 1 is 1.21 bits per heavy atom. The number of hydrogen-bond acceptors (Lipinski definition) is 2. The third kappa shape index (κ3) is 1.98. The predicted molar refractivity (Wildman–Crippen MR) is 48.6 cm³/mol. The summed E-state index contributed by atoms with van der Waals surface area (Å²) in [4.78, 5) is 1.43. The van der Waals surface area contributed by atoms with E-state index in [0.29, 0.717) is 13.1 Å². The molecule has 0 atom stereocenters. The van der Waals surface area contributed by atoms with E-state index >= 15 is 0 Å². The van der Waals surface area contributed by atoms with E-state index in [2.05, 4.69) is 0 Å². The van der Waals surface area contributed by atoms with Crippen LogP contribution in [0.25, 0.3) is 0 Å². The van der Waals surface area contributed by atoms with Crippen molar-refractivity contribution in [3.63, 3.8) is 0 Å². The van der Waals surface area contributed by atoms with Gasteiger partial charge in [-0.05, 0) is 12.1 Å². The molecule has 0 aliphatic carbocycles. The highest BCUT2D eigenvalue weighted by atomic mass is 19.2. The van der Waals surface area contributed by atoms with Crippen LogP contribution in [0.1, 0.15) is 0 Å². The van der Waals surface area contributed by atoms with Gasteiger partial charge in [-0.15, -0.1) is 0 Å². The van der Waals surface area contributed by atoms with Crippen molar-refractivity contribution in [2.24, 2.45) is 5.73 Å². The molecule has 0 aliphatic rings. The first-order valence-corrected chi connectivity index (χ1v) is 4.12. The van der Waals surface area contributed by atoms with Gasteiger partial charge in [0.15, 0.2) is 17.5 Å². The maximum Gasteiger partial charge on any atom is 0.196 e. The van der Waals surface area contributed by atoms with Crippen molar-refractivity contribution in [1.82, 2.24) is 0 Å². The van der Waals surface area contributed by atoms with Crippen molar-refractivity contribution >= 4 is 5.69 Å². The molecule has 2 N–H and O–H groups in total. The van der Waals surface area contributed by atoms with Crippen LogP contribution in [-0.2, 0) is 0 Å². The van der Waals surface area contributed by atoms with Crippen LogP contribution in [0, 0.1) is 17.5 Å². The molecule has 0 saturated heterocycles. The summed E-state index contributed by atoms with van der Waals surface area (Å²) in [7, 11) is 1.56. The van der Waals surface area contributed by atoms with Gasteiger partial charge in [0.25, 0.3) is 0 Å². The van der Waals surface area contributed by atoms with E-state index in [9.17, 15) is 13.2 Å². The SMILES string of the molecule is CN(CCN)c1ccc(F)c(F)c1F. The lowest BCUT2D eigenvalue weighted by Crippen LogP contribution is -2.26. The maximum atomic E-state index is 13.1. The van der Waals surface area contributed by atoms with Crippen molar-refractivity contribution < 1.29 is 13.2 Å². The zero-order chi connectivity index (χ0) is 10.7. The summed E-state index contributed by atoms with van der Waals surface area (Å²) in [5, 5.41) is 0. The first-order valence-electron chi connectivity index (χ1n) is 4.12. The Kier molecular flexibility index (Phi) is 3.35. The molecule has 78 valence electrons. The first-order chi connectivity index (χ1) is 6.57. The molecule has 0 radical (unpaired) electrons. The molecule has 2 nitrogen and oxygen atoms in total. The fraction of sp³-hybridized carbons (Fsp3) is 0.333. The molecule has 1 aromatic rings. The number of likely N-dealkylation sites (N-methyl/N-ethyl adjacent to an activating group) is 1. The molecule has 0 spiro atoms. The Bertz CT molecular complexity index is 328. The van der Waals surface area contributed by atoms with E-state index < -0.39 is 17.5 Å². The van der Waals surface area contributed by atoms with Crippen LogP contribution in [0.15, 0.2) is 12.1 Å². The van der Waals surface area contributed by atoms with E-state index in [-0.39, 0.29) is 5.69 Å². The summed E-state index contributed by atoms with van der Waals surface area (Å²) >= 11 is 0. The molecule has 1 aromatic carbocycles. The summed E-state index contributed by atoms with van der Waals surface area (Å²) in [6.45, 7) is 0.691. The molecule has 0 saturated carbocycles.